The molecule has 0 saturated heterocycles. The smallest absolute Gasteiger partial charge is 0.164 e. The number of alkyl halides is 1. The van der Waals surface area contributed by atoms with Crippen LogP contribution in [0.1, 0.15) is 11.4 Å². The summed E-state index contributed by atoms with van der Waals surface area (Å²) in [7, 11) is 1.83. The fourth-order valence-corrected chi connectivity index (χ4v) is 2.04. The van der Waals surface area contributed by atoms with Crippen LogP contribution >= 0.6 is 27.5 Å². The van der Waals surface area contributed by atoms with Gasteiger partial charge in [-0.25, -0.2) is 4.98 Å². The third kappa shape index (κ3) is 2.98. The van der Waals surface area contributed by atoms with Gasteiger partial charge in [0.15, 0.2) is 5.82 Å². The normalized spacial score (nSPS) is 10.5. The molecule has 0 fully saturated rings. The maximum Gasteiger partial charge on any atom is 0.164 e. The standard InChI is InChI=1S/C11H11BrClN3O/c1-16-11(14-7-15-16)6-17-10-3-2-8(5-13)4-9(10)12/h2-4,7H,5-6H2,1H3. The topological polar surface area (TPSA) is 39.9 Å². The summed E-state index contributed by atoms with van der Waals surface area (Å²) >= 11 is 9.19. The number of benzene rings is 1. The number of halogens is 2. The van der Waals surface area contributed by atoms with E-state index in [1.807, 2.05) is 25.2 Å². The molecule has 0 N–H and O–H groups in total. The molecule has 1 aromatic carbocycles. The van der Waals surface area contributed by atoms with Crippen LogP contribution < -0.4 is 4.74 Å². The maximum absolute atomic E-state index is 5.75. The Hall–Kier alpha value is -1.07. The highest BCUT2D eigenvalue weighted by atomic mass is 79.9. The summed E-state index contributed by atoms with van der Waals surface area (Å²) < 4.78 is 8.22. The molecule has 0 aliphatic heterocycles. The third-order valence-corrected chi connectivity index (χ3v) is 3.24. The maximum atomic E-state index is 5.75. The minimum Gasteiger partial charge on any atom is -0.484 e. The van der Waals surface area contributed by atoms with Gasteiger partial charge in [0.1, 0.15) is 18.7 Å². The van der Waals surface area contributed by atoms with Gasteiger partial charge in [-0.3, -0.25) is 4.68 Å². The predicted octanol–water partition coefficient (Wildman–Crippen LogP) is 2.90. The molecule has 0 unspecified atom stereocenters. The molecule has 0 atom stereocenters. The molecule has 0 aliphatic rings. The Kier molecular flexibility index (Phi) is 4.02. The molecule has 0 spiro atoms. The van der Waals surface area contributed by atoms with E-state index in [0.717, 1.165) is 21.6 Å². The second kappa shape index (κ2) is 5.51. The lowest BCUT2D eigenvalue weighted by molar-refractivity contribution is 0.288. The van der Waals surface area contributed by atoms with E-state index in [-0.39, 0.29) is 0 Å². The molecule has 4 nitrogen and oxygen atoms in total. The van der Waals surface area contributed by atoms with Crippen LogP contribution in [0.15, 0.2) is 29.0 Å². The Morgan fingerprint density at radius 1 is 1.47 bits per heavy atom. The highest BCUT2D eigenvalue weighted by Crippen LogP contribution is 2.27. The first-order chi connectivity index (χ1) is 8.20. The number of aryl methyl sites for hydroxylation is 1. The van der Waals surface area contributed by atoms with Gasteiger partial charge in [-0.1, -0.05) is 6.07 Å². The lowest BCUT2D eigenvalue weighted by Crippen LogP contribution is -2.04. The largest absolute Gasteiger partial charge is 0.484 e. The average molecular weight is 317 g/mol. The SMILES string of the molecule is Cn1ncnc1COc1ccc(CCl)cc1Br. The van der Waals surface area contributed by atoms with Crippen molar-refractivity contribution in [3.63, 3.8) is 0 Å². The molecular formula is C11H11BrClN3O. The number of rotatable bonds is 4. The van der Waals surface area contributed by atoms with Crippen molar-refractivity contribution in [3.05, 3.63) is 40.4 Å². The van der Waals surface area contributed by atoms with Crippen LogP contribution in [-0.2, 0) is 19.5 Å². The van der Waals surface area contributed by atoms with Gasteiger partial charge in [-0.05, 0) is 33.6 Å². The van der Waals surface area contributed by atoms with E-state index in [0.29, 0.717) is 12.5 Å². The molecule has 0 saturated carbocycles. The molecule has 0 amide bonds. The van der Waals surface area contributed by atoms with E-state index in [4.69, 9.17) is 16.3 Å². The van der Waals surface area contributed by atoms with Gasteiger partial charge >= 0.3 is 0 Å². The van der Waals surface area contributed by atoms with Crippen molar-refractivity contribution in [2.75, 3.05) is 0 Å². The van der Waals surface area contributed by atoms with E-state index in [9.17, 15) is 0 Å². The quantitative estimate of drug-likeness (QED) is 0.814. The van der Waals surface area contributed by atoms with Gasteiger partial charge in [-0.2, -0.15) is 5.10 Å². The van der Waals surface area contributed by atoms with Crippen LogP contribution in [0.2, 0.25) is 0 Å². The summed E-state index contributed by atoms with van der Waals surface area (Å²) in [5.41, 5.74) is 1.05. The molecule has 0 radical (unpaired) electrons. The van der Waals surface area contributed by atoms with E-state index >= 15 is 0 Å². The summed E-state index contributed by atoms with van der Waals surface area (Å²) in [6.45, 7) is 0.384. The summed E-state index contributed by atoms with van der Waals surface area (Å²) in [5, 5.41) is 3.98. The first kappa shape index (κ1) is 12.4. The van der Waals surface area contributed by atoms with Crippen molar-refractivity contribution < 1.29 is 4.74 Å². The van der Waals surface area contributed by atoms with Crippen molar-refractivity contribution in [2.24, 2.45) is 7.05 Å². The molecule has 17 heavy (non-hydrogen) atoms. The fraction of sp³-hybridized carbons (Fsp3) is 0.273. The Bertz CT molecular complexity index is 515. The fourth-order valence-electron chi connectivity index (χ4n) is 1.34. The summed E-state index contributed by atoms with van der Waals surface area (Å²) in [6, 6.07) is 5.76. The highest BCUT2D eigenvalue weighted by Gasteiger charge is 2.05. The van der Waals surface area contributed by atoms with Crippen molar-refractivity contribution in [3.8, 4) is 5.75 Å². The average Bonchev–Trinajstić information content (AvgIpc) is 2.73. The van der Waals surface area contributed by atoms with Gasteiger partial charge in [0.25, 0.3) is 0 Å². The van der Waals surface area contributed by atoms with Gasteiger partial charge in [0, 0.05) is 12.9 Å². The molecule has 1 heterocycles. The highest BCUT2D eigenvalue weighted by molar-refractivity contribution is 9.10. The Labute approximate surface area is 113 Å². The van der Waals surface area contributed by atoms with Crippen molar-refractivity contribution in [1.82, 2.24) is 14.8 Å². The minimum absolute atomic E-state index is 0.384. The molecular weight excluding hydrogens is 305 g/mol. The molecule has 2 rings (SSSR count). The van der Waals surface area contributed by atoms with Crippen molar-refractivity contribution in [2.45, 2.75) is 12.5 Å². The summed E-state index contributed by atoms with van der Waals surface area (Å²) in [4.78, 5) is 4.08. The molecule has 2 aromatic rings. The monoisotopic (exact) mass is 315 g/mol. The van der Waals surface area contributed by atoms with Crippen LogP contribution in [0, 0.1) is 0 Å². The molecule has 0 bridgehead atoms. The van der Waals surface area contributed by atoms with E-state index in [1.165, 1.54) is 6.33 Å². The lowest BCUT2D eigenvalue weighted by atomic mass is 10.2. The van der Waals surface area contributed by atoms with Crippen LogP contribution in [0.5, 0.6) is 5.75 Å². The van der Waals surface area contributed by atoms with Crippen molar-refractivity contribution >= 4 is 27.5 Å². The number of aromatic nitrogens is 3. The molecule has 6 heteroatoms. The second-order valence-corrected chi connectivity index (χ2v) is 4.61. The van der Waals surface area contributed by atoms with Crippen LogP contribution in [0.3, 0.4) is 0 Å². The van der Waals surface area contributed by atoms with E-state index in [1.54, 1.807) is 4.68 Å². The van der Waals surface area contributed by atoms with Gasteiger partial charge in [0.2, 0.25) is 0 Å². The van der Waals surface area contributed by atoms with E-state index in [2.05, 4.69) is 26.0 Å². The van der Waals surface area contributed by atoms with Gasteiger partial charge in [0.05, 0.1) is 4.47 Å². The zero-order valence-electron chi connectivity index (χ0n) is 9.23. The molecule has 1 aromatic heterocycles. The zero-order chi connectivity index (χ0) is 12.3. The minimum atomic E-state index is 0.384. The summed E-state index contributed by atoms with van der Waals surface area (Å²) in [5.74, 6) is 2.03. The molecule has 0 aliphatic carbocycles. The number of ether oxygens (including phenoxy) is 1. The zero-order valence-corrected chi connectivity index (χ0v) is 11.6. The van der Waals surface area contributed by atoms with Crippen LogP contribution in [-0.4, -0.2) is 14.8 Å². The lowest BCUT2D eigenvalue weighted by Gasteiger charge is -2.08. The Morgan fingerprint density at radius 2 is 2.29 bits per heavy atom. The first-order valence-electron chi connectivity index (χ1n) is 5.01. The van der Waals surface area contributed by atoms with Crippen LogP contribution in [0.25, 0.3) is 0 Å². The Balaban J connectivity index is 2.07. The predicted molar refractivity (Wildman–Crippen MR) is 69.0 cm³/mol. The third-order valence-electron chi connectivity index (χ3n) is 2.31. The van der Waals surface area contributed by atoms with E-state index < -0.39 is 0 Å². The number of nitrogens with zero attached hydrogens (tertiary/aromatic N) is 3. The van der Waals surface area contributed by atoms with Crippen molar-refractivity contribution in [1.29, 1.82) is 0 Å². The first-order valence-corrected chi connectivity index (χ1v) is 6.33. The Morgan fingerprint density at radius 3 is 2.88 bits per heavy atom. The van der Waals surface area contributed by atoms with Crippen LogP contribution in [0.4, 0.5) is 0 Å². The number of hydrogen-bond donors (Lipinski definition) is 0. The molecule has 90 valence electrons. The number of hydrogen-bond acceptors (Lipinski definition) is 3. The second-order valence-electron chi connectivity index (χ2n) is 3.49. The van der Waals surface area contributed by atoms with Gasteiger partial charge < -0.3 is 4.74 Å². The van der Waals surface area contributed by atoms with Gasteiger partial charge in [-0.15, -0.1) is 11.6 Å². The summed E-state index contributed by atoms with van der Waals surface area (Å²) in [6.07, 6.45) is 1.50.